The third kappa shape index (κ3) is 8.65. The van der Waals surface area contributed by atoms with Gasteiger partial charge in [0.05, 0.1) is 0 Å². The average Bonchev–Trinajstić information content (AvgIpc) is 1.94. The first-order valence-electron chi connectivity index (χ1n) is 4.02. The van der Waals surface area contributed by atoms with E-state index in [4.69, 9.17) is 4.74 Å². The highest BCUT2D eigenvalue weighted by Crippen LogP contribution is 2.05. The largest absolute Gasteiger partial charge is 0.444 e. The van der Waals surface area contributed by atoms with Crippen LogP contribution in [0.4, 0.5) is 4.79 Å². The van der Waals surface area contributed by atoms with Gasteiger partial charge < -0.3 is 15.4 Å². The van der Waals surface area contributed by atoms with Gasteiger partial charge in [-0.1, -0.05) is 0 Å². The minimum Gasteiger partial charge on any atom is -0.444 e. The first-order chi connectivity index (χ1) is 5.95. The molecule has 13 heavy (non-hydrogen) atoms. The molecule has 75 valence electrons. The predicted molar refractivity (Wildman–Crippen MR) is 47.9 cm³/mol. The Morgan fingerprint density at radius 1 is 1.38 bits per heavy atom. The summed E-state index contributed by atoms with van der Waals surface area (Å²) in [5.74, 6) is 0. The van der Waals surface area contributed by atoms with Gasteiger partial charge in [-0.25, -0.2) is 4.79 Å². The summed E-state index contributed by atoms with van der Waals surface area (Å²) in [4.78, 5) is 20.7. The number of nitrogens with one attached hydrogen (secondary N) is 2. The molecule has 0 spiro atoms. The first-order valence-corrected chi connectivity index (χ1v) is 4.02. The highest BCUT2D eigenvalue weighted by Gasteiger charge is 2.15. The lowest BCUT2D eigenvalue weighted by Crippen LogP contribution is -2.36. The summed E-state index contributed by atoms with van der Waals surface area (Å²) in [5, 5.41) is 4.76. The summed E-state index contributed by atoms with van der Waals surface area (Å²) in [6.45, 7) is 6.03. The van der Waals surface area contributed by atoms with Gasteiger partial charge in [0.15, 0.2) is 0 Å². The lowest BCUT2D eigenvalue weighted by Gasteiger charge is -2.19. The lowest BCUT2D eigenvalue weighted by atomic mass is 10.2. The summed E-state index contributed by atoms with van der Waals surface area (Å²) < 4.78 is 4.94. The SMILES string of the molecule is CC(C)(C)OC(=O)NCCN[C]=O. The summed E-state index contributed by atoms with van der Waals surface area (Å²) in [7, 11) is 0. The van der Waals surface area contributed by atoms with E-state index in [-0.39, 0.29) is 0 Å². The monoisotopic (exact) mass is 187 g/mol. The molecule has 0 aromatic carbocycles. The van der Waals surface area contributed by atoms with Gasteiger partial charge in [-0.2, -0.15) is 0 Å². The molecule has 2 N–H and O–H groups in total. The van der Waals surface area contributed by atoms with Gasteiger partial charge >= 0.3 is 12.5 Å². The molecule has 0 heterocycles. The number of hydrogen-bond acceptors (Lipinski definition) is 3. The van der Waals surface area contributed by atoms with Crippen LogP contribution in [0.5, 0.6) is 0 Å². The van der Waals surface area contributed by atoms with Crippen LogP contribution in [0.15, 0.2) is 0 Å². The summed E-state index contributed by atoms with van der Waals surface area (Å²) in [6.07, 6.45) is 1.01. The predicted octanol–water partition coefficient (Wildman–Crippen LogP) is 0.168. The summed E-state index contributed by atoms with van der Waals surface area (Å²) in [5.41, 5.74) is -0.492. The van der Waals surface area contributed by atoms with Gasteiger partial charge in [0, 0.05) is 13.1 Å². The van der Waals surface area contributed by atoms with Gasteiger partial charge in [-0.05, 0) is 20.8 Å². The molecule has 0 unspecified atom stereocenters. The number of alkyl carbamates (subject to hydrolysis) is 1. The van der Waals surface area contributed by atoms with Crippen molar-refractivity contribution < 1.29 is 14.3 Å². The van der Waals surface area contributed by atoms with E-state index in [9.17, 15) is 9.59 Å². The zero-order valence-corrected chi connectivity index (χ0v) is 8.14. The Kier molecular flexibility index (Phi) is 4.87. The van der Waals surface area contributed by atoms with Gasteiger partial charge in [0.2, 0.25) is 0 Å². The van der Waals surface area contributed by atoms with Crippen LogP contribution in [-0.2, 0) is 9.53 Å². The Balaban J connectivity index is 3.47. The fourth-order valence-electron chi connectivity index (χ4n) is 0.592. The van der Waals surface area contributed by atoms with E-state index in [1.165, 1.54) is 6.41 Å². The van der Waals surface area contributed by atoms with Crippen LogP contribution >= 0.6 is 0 Å². The van der Waals surface area contributed by atoms with Crippen LogP contribution in [-0.4, -0.2) is 31.2 Å². The third-order valence-corrected chi connectivity index (χ3v) is 0.990. The Morgan fingerprint density at radius 3 is 2.46 bits per heavy atom. The lowest BCUT2D eigenvalue weighted by molar-refractivity contribution is 0.0529. The topological polar surface area (TPSA) is 67.4 Å². The van der Waals surface area contributed by atoms with Crippen LogP contribution < -0.4 is 10.6 Å². The molecule has 0 bridgehead atoms. The quantitative estimate of drug-likeness (QED) is 0.487. The third-order valence-electron chi connectivity index (χ3n) is 0.990. The number of hydrogen-bond donors (Lipinski definition) is 2. The maximum atomic E-state index is 11.0. The van der Waals surface area contributed by atoms with Crippen LogP contribution in [0.1, 0.15) is 20.8 Å². The fraction of sp³-hybridized carbons (Fsp3) is 0.750. The zero-order chi connectivity index (χ0) is 10.3. The molecule has 5 nitrogen and oxygen atoms in total. The summed E-state index contributed by atoms with van der Waals surface area (Å²) in [6, 6.07) is 0. The minimum absolute atomic E-state index is 0.337. The molecule has 0 saturated carbocycles. The van der Waals surface area contributed by atoms with E-state index in [1.807, 2.05) is 0 Å². The number of ether oxygens (including phenoxy) is 1. The number of amides is 2. The second-order valence-corrected chi connectivity index (χ2v) is 3.46. The molecule has 0 aliphatic carbocycles. The van der Waals surface area contributed by atoms with E-state index in [2.05, 4.69) is 10.6 Å². The van der Waals surface area contributed by atoms with Crippen molar-refractivity contribution in [1.82, 2.24) is 10.6 Å². The van der Waals surface area contributed by atoms with E-state index in [0.717, 1.165) is 0 Å². The van der Waals surface area contributed by atoms with Crippen molar-refractivity contribution in [1.29, 1.82) is 0 Å². The van der Waals surface area contributed by atoms with Crippen molar-refractivity contribution >= 4 is 12.5 Å². The average molecular weight is 187 g/mol. The highest BCUT2D eigenvalue weighted by atomic mass is 16.6. The first kappa shape index (κ1) is 11.7. The maximum absolute atomic E-state index is 11.0. The number of carbonyl (C=O) groups excluding carboxylic acids is 2. The Labute approximate surface area is 77.8 Å². The smallest absolute Gasteiger partial charge is 0.407 e. The van der Waals surface area contributed by atoms with E-state index in [0.29, 0.717) is 13.1 Å². The normalized spacial score (nSPS) is 10.4. The Morgan fingerprint density at radius 2 is 2.00 bits per heavy atom. The van der Waals surface area contributed by atoms with Crippen molar-refractivity contribution in [3.05, 3.63) is 0 Å². The fourth-order valence-corrected chi connectivity index (χ4v) is 0.592. The molecule has 1 radical (unpaired) electrons. The molecule has 0 aliphatic heterocycles. The molecule has 0 rings (SSSR count). The van der Waals surface area contributed by atoms with E-state index in [1.54, 1.807) is 20.8 Å². The number of rotatable bonds is 4. The molecular weight excluding hydrogens is 172 g/mol. The van der Waals surface area contributed by atoms with Crippen LogP contribution in [0.2, 0.25) is 0 Å². The van der Waals surface area contributed by atoms with Gasteiger partial charge in [-0.15, -0.1) is 0 Å². The Hall–Kier alpha value is -1.26. The molecule has 0 aromatic heterocycles. The second kappa shape index (κ2) is 5.40. The van der Waals surface area contributed by atoms with Crippen molar-refractivity contribution in [2.45, 2.75) is 26.4 Å². The highest BCUT2D eigenvalue weighted by molar-refractivity contribution is 5.67. The van der Waals surface area contributed by atoms with Crippen LogP contribution in [0.3, 0.4) is 0 Å². The molecule has 0 fully saturated rings. The standard InChI is InChI=1S/C8H15N2O3/c1-8(2,3)13-7(12)10-5-4-9-6-11/h4-5H2,1-3H3,(H,9,11)(H,10,12). The zero-order valence-electron chi connectivity index (χ0n) is 8.14. The van der Waals surface area contributed by atoms with Crippen molar-refractivity contribution in [3.63, 3.8) is 0 Å². The molecule has 0 aromatic rings. The van der Waals surface area contributed by atoms with Crippen LogP contribution in [0, 0.1) is 0 Å². The molecule has 0 saturated heterocycles. The van der Waals surface area contributed by atoms with Crippen LogP contribution in [0.25, 0.3) is 0 Å². The van der Waals surface area contributed by atoms with Crippen molar-refractivity contribution in [2.24, 2.45) is 0 Å². The minimum atomic E-state index is -0.492. The summed E-state index contributed by atoms with van der Waals surface area (Å²) >= 11 is 0. The second-order valence-electron chi connectivity index (χ2n) is 3.46. The Bertz CT molecular complexity index is 175. The van der Waals surface area contributed by atoms with Gasteiger partial charge in [0.1, 0.15) is 5.60 Å². The molecule has 2 amide bonds. The van der Waals surface area contributed by atoms with Crippen molar-refractivity contribution in [3.8, 4) is 0 Å². The molecular formula is C8H15N2O3. The maximum Gasteiger partial charge on any atom is 0.407 e. The van der Waals surface area contributed by atoms with Gasteiger partial charge in [-0.3, -0.25) is 4.79 Å². The van der Waals surface area contributed by atoms with E-state index >= 15 is 0 Å². The van der Waals surface area contributed by atoms with Crippen molar-refractivity contribution in [2.75, 3.05) is 13.1 Å². The van der Waals surface area contributed by atoms with E-state index < -0.39 is 11.7 Å². The molecule has 0 aliphatic rings. The molecule has 0 atom stereocenters. The van der Waals surface area contributed by atoms with Gasteiger partial charge in [0.25, 0.3) is 0 Å². The molecule has 5 heteroatoms. The number of carbonyl (C=O) groups is 1.